The van der Waals surface area contributed by atoms with Gasteiger partial charge in [0.15, 0.2) is 11.5 Å². The van der Waals surface area contributed by atoms with Gasteiger partial charge in [-0.05, 0) is 46.5 Å². The molecule has 0 radical (unpaired) electrons. The minimum absolute atomic E-state index is 0.449. The van der Waals surface area contributed by atoms with Crippen molar-refractivity contribution >= 4 is 11.5 Å². The molecular weight excluding hydrogens is 368 g/mol. The molecule has 0 N–H and O–H groups in total. The predicted molar refractivity (Wildman–Crippen MR) is 126 cm³/mol. The van der Waals surface area contributed by atoms with Crippen molar-refractivity contribution in [1.29, 1.82) is 0 Å². The highest BCUT2D eigenvalue weighted by Gasteiger charge is 2.30. The van der Waals surface area contributed by atoms with Gasteiger partial charge in [-0.2, -0.15) is 0 Å². The number of allylic oxidation sites excluding steroid dienone is 4. The van der Waals surface area contributed by atoms with Crippen molar-refractivity contribution in [2.75, 3.05) is 0 Å². The van der Waals surface area contributed by atoms with Crippen LogP contribution < -0.4 is 0 Å². The maximum Gasteiger partial charge on any atom is 0.263 e. The molecule has 0 unspecified atom stereocenters. The van der Waals surface area contributed by atoms with Crippen molar-refractivity contribution in [3.05, 3.63) is 107 Å². The van der Waals surface area contributed by atoms with E-state index in [4.69, 9.17) is 9.47 Å². The maximum atomic E-state index is 6.25. The van der Waals surface area contributed by atoms with Crippen LogP contribution in [-0.4, -0.2) is 6.29 Å². The lowest BCUT2D eigenvalue weighted by molar-refractivity contribution is 0.0233. The molecule has 156 valence electrons. The third-order valence-corrected chi connectivity index (χ3v) is 5.11. The van der Waals surface area contributed by atoms with Crippen LogP contribution in [0.25, 0.3) is 11.5 Å². The highest BCUT2D eigenvalue weighted by Crippen LogP contribution is 2.39. The molecule has 0 saturated heterocycles. The zero-order valence-electron chi connectivity index (χ0n) is 18.4. The Hall–Kier alpha value is -3.00. The zero-order chi connectivity index (χ0) is 21.3. The number of rotatable bonds is 9. The van der Waals surface area contributed by atoms with E-state index in [1.807, 2.05) is 60.7 Å². The Morgan fingerprint density at radius 3 is 1.77 bits per heavy atom. The lowest BCUT2D eigenvalue weighted by Gasteiger charge is -2.15. The fourth-order valence-corrected chi connectivity index (χ4v) is 3.40. The molecular formula is C28H32O2. The summed E-state index contributed by atoms with van der Waals surface area (Å²) in [7, 11) is 0. The molecule has 2 aromatic carbocycles. The molecule has 1 heterocycles. The van der Waals surface area contributed by atoms with Crippen LogP contribution in [0.5, 0.6) is 0 Å². The van der Waals surface area contributed by atoms with Gasteiger partial charge in [0, 0.05) is 16.7 Å². The molecule has 0 amide bonds. The van der Waals surface area contributed by atoms with Crippen LogP contribution in [0, 0.1) is 0 Å². The summed E-state index contributed by atoms with van der Waals surface area (Å²) in [5.74, 6) is 1.56. The van der Waals surface area contributed by atoms with Gasteiger partial charge < -0.3 is 9.47 Å². The van der Waals surface area contributed by atoms with Gasteiger partial charge in [0.05, 0.1) is 0 Å². The first-order valence-electron chi connectivity index (χ1n) is 10.7. The van der Waals surface area contributed by atoms with Gasteiger partial charge in [-0.1, -0.05) is 90.5 Å². The monoisotopic (exact) mass is 400 g/mol. The summed E-state index contributed by atoms with van der Waals surface area (Å²) in [5, 5.41) is 0. The minimum atomic E-state index is -0.449. The second kappa shape index (κ2) is 10.7. The minimum Gasteiger partial charge on any atom is -0.446 e. The third kappa shape index (κ3) is 6.00. The Morgan fingerprint density at radius 2 is 1.27 bits per heavy atom. The van der Waals surface area contributed by atoms with Crippen LogP contribution in [0.3, 0.4) is 0 Å². The fourth-order valence-electron chi connectivity index (χ4n) is 3.40. The Balaban J connectivity index is 1.64. The summed E-state index contributed by atoms with van der Waals surface area (Å²) in [6, 6.07) is 20.2. The molecule has 1 aliphatic heterocycles. The molecule has 30 heavy (non-hydrogen) atoms. The Labute approximate surface area is 181 Å². The summed E-state index contributed by atoms with van der Waals surface area (Å²) in [6.07, 6.45) is 8.14. The standard InChI is InChI=1S/C28H32O2/c1-21(2)13-11-14-22(3)15-12-16-23(4)28-29-26(24-17-7-5-8-18-24)27(30-28)25-19-9-6-10-20-25/h5-10,13,15,17-20,28H,4,11-12,14,16H2,1-3H3. The van der Waals surface area contributed by atoms with E-state index in [-0.39, 0.29) is 0 Å². The van der Waals surface area contributed by atoms with E-state index >= 15 is 0 Å². The molecule has 0 aromatic heterocycles. The van der Waals surface area contributed by atoms with Gasteiger partial charge in [-0.25, -0.2) is 0 Å². The highest BCUT2D eigenvalue weighted by molar-refractivity contribution is 5.85. The van der Waals surface area contributed by atoms with E-state index in [9.17, 15) is 0 Å². The van der Waals surface area contributed by atoms with E-state index in [0.717, 1.165) is 53.9 Å². The van der Waals surface area contributed by atoms with Crippen molar-refractivity contribution < 1.29 is 9.47 Å². The summed E-state index contributed by atoms with van der Waals surface area (Å²) < 4.78 is 12.5. The molecule has 0 saturated carbocycles. The van der Waals surface area contributed by atoms with Gasteiger partial charge in [0.2, 0.25) is 0 Å². The average molecular weight is 401 g/mol. The molecule has 2 heteroatoms. The lowest BCUT2D eigenvalue weighted by atomic mass is 10.1. The van der Waals surface area contributed by atoms with Gasteiger partial charge in [-0.3, -0.25) is 0 Å². The fraction of sp³-hybridized carbons (Fsp3) is 0.286. The van der Waals surface area contributed by atoms with Crippen LogP contribution >= 0.6 is 0 Å². The Kier molecular flexibility index (Phi) is 7.73. The molecule has 0 bridgehead atoms. The molecule has 0 atom stereocenters. The van der Waals surface area contributed by atoms with Crippen molar-refractivity contribution in [3.63, 3.8) is 0 Å². The topological polar surface area (TPSA) is 18.5 Å². The molecule has 0 fully saturated rings. The van der Waals surface area contributed by atoms with E-state index in [1.165, 1.54) is 11.1 Å². The van der Waals surface area contributed by atoms with Crippen molar-refractivity contribution in [2.24, 2.45) is 0 Å². The van der Waals surface area contributed by atoms with E-state index in [2.05, 4.69) is 39.5 Å². The molecule has 2 aromatic rings. The van der Waals surface area contributed by atoms with Gasteiger partial charge in [0.1, 0.15) is 0 Å². The van der Waals surface area contributed by atoms with Crippen molar-refractivity contribution in [3.8, 4) is 0 Å². The predicted octanol–water partition coefficient (Wildman–Crippen LogP) is 7.91. The first-order valence-corrected chi connectivity index (χ1v) is 10.7. The number of hydrogen-bond acceptors (Lipinski definition) is 2. The summed E-state index contributed by atoms with van der Waals surface area (Å²) in [4.78, 5) is 0. The maximum absolute atomic E-state index is 6.25. The molecule has 0 aliphatic carbocycles. The van der Waals surface area contributed by atoms with Crippen LogP contribution in [0.15, 0.2) is 96.1 Å². The summed E-state index contributed by atoms with van der Waals surface area (Å²) in [6.45, 7) is 10.8. The van der Waals surface area contributed by atoms with Gasteiger partial charge >= 0.3 is 0 Å². The quantitative estimate of drug-likeness (QED) is 0.398. The van der Waals surface area contributed by atoms with Crippen LogP contribution in [0.1, 0.15) is 57.6 Å². The van der Waals surface area contributed by atoms with E-state index in [0.29, 0.717) is 0 Å². The number of ether oxygens (including phenoxy) is 2. The first-order chi connectivity index (χ1) is 14.5. The van der Waals surface area contributed by atoms with Crippen LogP contribution in [0.2, 0.25) is 0 Å². The number of hydrogen-bond donors (Lipinski definition) is 0. The number of benzene rings is 2. The van der Waals surface area contributed by atoms with Gasteiger partial charge in [0.25, 0.3) is 6.29 Å². The van der Waals surface area contributed by atoms with Crippen molar-refractivity contribution in [1.82, 2.24) is 0 Å². The normalized spacial score (nSPS) is 14.3. The van der Waals surface area contributed by atoms with Gasteiger partial charge in [-0.15, -0.1) is 0 Å². The Morgan fingerprint density at radius 1 is 0.767 bits per heavy atom. The smallest absolute Gasteiger partial charge is 0.263 e. The van der Waals surface area contributed by atoms with Crippen LogP contribution in [-0.2, 0) is 9.47 Å². The third-order valence-electron chi connectivity index (χ3n) is 5.11. The second-order valence-corrected chi connectivity index (χ2v) is 8.03. The highest BCUT2D eigenvalue weighted by atomic mass is 16.7. The molecule has 2 nitrogen and oxygen atoms in total. The largest absolute Gasteiger partial charge is 0.446 e. The van der Waals surface area contributed by atoms with E-state index < -0.39 is 6.29 Å². The average Bonchev–Trinajstić information content (AvgIpc) is 3.20. The SMILES string of the molecule is C=C(CCC=C(C)CCC=C(C)C)C1OC(c2ccccc2)=C(c2ccccc2)O1. The first kappa shape index (κ1) is 21.7. The second-order valence-electron chi connectivity index (χ2n) is 8.03. The van der Waals surface area contributed by atoms with E-state index in [1.54, 1.807) is 0 Å². The van der Waals surface area contributed by atoms with Crippen molar-refractivity contribution in [2.45, 2.75) is 52.7 Å². The Bertz CT molecular complexity index is 878. The lowest BCUT2D eigenvalue weighted by Crippen LogP contribution is -2.11. The summed E-state index contributed by atoms with van der Waals surface area (Å²) in [5.41, 5.74) is 5.79. The molecule has 0 spiro atoms. The summed E-state index contributed by atoms with van der Waals surface area (Å²) >= 11 is 0. The zero-order valence-corrected chi connectivity index (χ0v) is 18.4. The molecule has 3 rings (SSSR count). The molecule has 1 aliphatic rings. The van der Waals surface area contributed by atoms with Crippen LogP contribution in [0.4, 0.5) is 0 Å².